The maximum Gasteiger partial charge on any atom is 0.221 e. The highest BCUT2D eigenvalue weighted by Gasteiger charge is 2.34. The van der Waals surface area contributed by atoms with Crippen molar-refractivity contribution in [3.8, 4) is 0 Å². The summed E-state index contributed by atoms with van der Waals surface area (Å²) in [5.74, 6) is 0. The third kappa shape index (κ3) is 3.80. The van der Waals surface area contributed by atoms with Crippen LogP contribution in [0.5, 0.6) is 0 Å². The fraction of sp³-hybridized carbons (Fsp3) is 0.125. The molecule has 2 rings (SSSR count). The second-order valence-corrected chi connectivity index (χ2v) is 9.20. The van der Waals surface area contributed by atoms with Gasteiger partial charge < -0.3 is 4.74 Å². The van der Waals surface area contributed by atoms with E-state index in [1.165, 1.54) is 48.5 Å². The van der Waals surface area contributed by atoms with Crippen LogP contribution in [0.3, 0.4) is 0 Å². The summed E-state index contributed by atoms with van der Waals surface area (Å²) in [6, 6.07) is 12.7. The van der Waals surface area contributed by atoms with E-state index in [0.29, 0.717) is 0 Å². The van der Waals surface area contributed by atoms with Crippen LogP contribution in [0, 0.1) is 0 Å². The minimum atomic E-state index is -4.34. The van der Waals surface area contributed by atoms with E-state index in [1.54, 1.807) is 13.0 Å². The number of halogens is 1. The van der Waals surface area contributed by atoms with Crippen LogP contribution in [0.4, 0.5) is 0 Å². The Hall–Kier alpha value is -1.83. The first kappa shape index (κ1) is 18.5. The van der Waals surface area contributed by atoms with E-state index < -0.39 is 23.9 Å². The van der Waals surface area contributed by atoms with E-state index in [-0.39, 0.29) is 21.4 Å². The molecule has 0 aliphatic heterocycles. The first-order valence-electron chi connectivity index (χ1n) is 6.92. The second-order valence-electron chi connectivity index (χ2n) is 4.67. The van der Waals surface area contributed by atoms with Gasteiger partial charge in [0.15, 0.2) is 0 Å². The smallest absolute Gasteiger partial charge is 0.221 e. The predicted molar refractivity (Wildman–Crippen MR) is 92.0 cm³/mol. The van der Waals surface area contributed by atoms with Gasteiger partial charge in [-0.05, 0) is 37.3 Å². The van der Waals surface area contributed by atoms with Crippen LogP contribution >= 0.6 is 11.6 Å². The van der Waals surface area contributed by atoms with Crippen LogP contribution in [0.25, 0.3) is 0 Å². The Labute approximate surface area is 146 Å². The van der Waals surface area contributed by atoms with E-state index in [1.807, 2.05) is 0 Å². The molecule has 0 saturated carbocycles. The summed E-state index contributed by atoms with van der Waals surface area (Å²) in [5, 5.41) is 0.184. The Bertz CT molecular complexity index is 949. The molecule has 0 amide bonds. The molecule has 0 unspecified atom stereocenters. The van der Waals surface area contributed by atoms with Crippen molar-refractivity contribution in [1.29, 1.82) is 0 Å². The van der Waals surface area contributed by atoms with Crippen LogP contribution in [0.15, 0.2) is 74.9 Å². The van der Waals surface area contributed by atoms with Gasteiger partial charge in [-0.25, -0.2) is 16.8 Å². The number of rotatable bonds is 6. The number of ether oxygens (including phenoxy) is 1. The third-order valence-electron chi connectivity index (χ3n) is 3.04. The Morgan fingerprint density at radius 1 is 0.958 bits per heavy atom. The van der Waals surface area contributed by atoms with Crippen molar-refractivity contribution in [2.45, 2.75) is 16.7 Å². The molecule has 2 aromatic carbocycles. The van der Waals surface area contributed by atoms with Crippen molar-refractivity contribution in [1.82, 2.24) is 0 Å². The molecule has 0 atom stereocenters. The van der Waals surface area contributed by atoms with Crippen LogP contribution in [0.2, 0.25) is 5.02 Å². The molecule has 0 saturated heterocycles. The van der Waals surface area contributed by atoms with Crippen molar-refractivity contribution in [2.75, 3.05) is 6.61 Å². The number of hydrogen-bond donors (Lipinski definition) is 0. The summed E-state index contributed by atoms with van der Waals surface area (Å²) < 4.78 is 55.4. The Morgan fingerprint density at radius 2 is 1.54 bits per heavy atom. The lowest BCUT2D eigenvalue weighted by molar-refractivity contribution is 0.269. The van der Waals surface area contributed by atoms with Crippen LogP contribution in [-0.4, -0.2) is 23.4 Å². The average Bonchev–Trinajstić information content (AvgIpc) is 2.55. The van der Waals surface area contributed by atoms with Crippen LogP contribution in [-0.2, 0) is 24.4 Å². The molecule has 0 bridgehead atoms. The Balaban J connectivity index is 2.66. The van der Waals surface area contributed by atoms with E-state index in [0.717, 1.165) is 6.26 Å². The van der Waals surface area contributed by atoms with Gasteiger partial charge >= 0.3 is 0 Å². The molecule has 128 valence electrons. The highest BCUT2D eigenvalue weighted by atomic mass is 35.5. The third-order valence-corrected chi connectivity index (χ3v) is 7.61. The lowest BCUT2D eigenvalue weighted by atomic mass is 10.4. The Morgan fingerprint density at radius 3 is 2.12 bits per heavy atom. The van der Waals surface area contributed by atoms with Crippen molar-refractivity contribution in [2.24, 2.45) is 0 Å². The summed E-state index contributed by atoms with van der Waals surface area (Å²) in [6.45, 7) is 1.74. The van der Waals surface area contributed by atoms with Crippen molar-refractivity contribution in [3.63, 3.8) is 0 Å². The van der Waals surface area contributed by atoms with Gasteiger partial charge in [-0.1, -0.05) is 35.9 Å². The minimum Gasteiger partial charge on any atom is -0.499 e. The normalized spacial score (nSPS) is 12.8. The monoisotopic (exact) mass is 386 g/mol. The van der Waals surface area contributed by atoms with Crippen molar-refractivity contribution in [3.05, 3.63) is 70.1 Å². The van der Waals surface area contributed by atoms with Crippen LogP contribution in [0.1, 0.15) is 6.92 Å². The van der Waals surface area contributed by atoms with Gasteiger partial charge in [-0.15, -0.1) is 0 Å². The highest BCUT2D eigenvalue weighted by Crippen LogP contribution is 2.30. The van der Waals surface area contributed by atoms with Gasteiger partial charge in [-0.3, -0.25) is 0 Å². The van der Waals surface area contributed by atoms with E-state index in [4.69, 9.17) is 16.3 Å². The standard InChI is InChI=1S/C16H15ClO5S2/c1-2-22-12-16(23(18,19)14-8-4-3-5-9-14)24(20,21)15-10-6-7-13(17)11-15/h3-12H,2H2,1H3. The zero-order chi connectivity index (χ0) is 17.8. The quantitative estimate of drug-likeness (QED) is 0.711. The maximum atomic E-state index is 12.8. The molecule has 0 spiro atoms. The topological polar surface area (TPSA) is 77.5 Å². The van der Waals surface area contributed by atoms with Gasteiger partial charge in [-0.2, -0.15) is 0 Å². The average molecular weight is 387 g/mol. The lowest BCUT2D eigenvalue weighted by Gasteiger charge is -2.11. The molecule has 0 aliphatic carbocycles. The summed E-state index contributed by atoms with van der Waals surface area (Å²) in [6.07, 6.45) is 0.762. The molecule has 8 heteroatoms. The predicted octanol–water partition coefficient (Wildman–Crippen LogP) is 3.42. The molecule has 0 N–H and O–H groups in total. The lowest BCUT2D eigenvalue weighted by Crippen LogP contribution is -2.15. The van der Waals surface area contributed by atoms with E-state index >= 15 is 0 Å². The summed E-state index contributed by atoms with van der Waals surface area (Å²) in [4.78, 5) is -0.359. The first-order chi connectivity index (χ1) is 11.3. The first-order valence-corrected chi connectivity index (χ1v) is 10.3. The van der Waals surface area contributed by atoms with Crippen molar-refractivity contribution >= 4 is 31.3 Å². The number of sulfone groups is 2. The highest BCUT2D eigenvalue weighted by molar-refractivity contribution is 8.14. The van der Waals surface area contributed by atoms with Crippen LogP contribution < -0.4 is 0 Å². The molecule has 0 fully saturated rings. The molecular weight excluding hydrogens is 372 g/mol. The molecule has 0 radical (unpaired) electrons. The second kappa shape index (κ2) is 7.38. The summed E-state index contributed by atoms with van der Waals surface area (Å²) in [5.41, 5.74) is 0. The molecular formula is C16H15ClO5S2. The fourth-order valence-corrected chi connectivity index (χ4v) is 5.79. The molecule has 0 aliphatic rings. The molecule has 0 aromatic heterocycles. The number of benzene rings is 2. The van der Waals surface area contributed by atoms with E-state index in [2.05, 4.69) is 0 Å². The Kier molecular flexibility index (Phi) is 5.69. The largest absolute Gasteiger partial charge is 0.499 e. The zero-order valence-electron chi connectivity index (χ0n) is 12.7. The maximum absolute atomic E-state index is 12.8. The summed E-state index contributed by atoms with van der Waals surface area (Å²) in [7, 11) is -8.62. The fourth-order valence-electron chi connectivity index (χ4n) is 1.89. The zero-order valence-corrected chi connectivity index (χ0v) is 15.1. The molecule has 5 nitrogen and oxygen atoms in total. The number of hydrogen-bond acceptors (Lipinski definition) is 5. The SMILES string of the molecule is CCOC=C(S(=O)(=O)c1ccccc1)S(=O)(=O)c1cccc(Cl)c1. The van der Waals surface area contributed by atoms with Gasteiger partial charge in [0.25, 0.3) is 0 Å². The molecule has 2 aromatic rings. The van der Waals surface area contributed by atoms with Crippen molar-refractivity contribution < 1.29 is 21.6 Å². The molecule has 24 heavy (non-hydrogen) atoms. The molecule has 0 heterocycles. The van der Waals surface area contributed by atoms with Gasteiger partial charge in [0, 0.05) is 5.02 Å². The van der Waals surface area contributed by atoms with Gasteiger partial charge in [0.05, 0.1) is 16.4 Å². The van der Waals surface area contributed by atoms with Gasteiger partial charge in [0.1, 0.15) is 6.26 Å². The summed E-state index contributed by atoms with van der Waals surface area (Å²) >= 11 is 5.83. The van der Waals surface area contributed by atoms with E-state index in [9.17, 15) is 16.8 Å². The van der Waals surface area contributed by atoms with Gasteiger partial charge in [0.2, 0.25) is 23.9 Å². The minimum absolute atomic E-state index is 0.124.